The number of hydrogen-bond donors (Lipinski definition) is 2. The maximum absolute atomic E-state index is 4.52. The number of aryl methyl sites for hydroxylation is 1. The van der Waals surface area contributed by atoms with Crippen molar-refractivity contribution in [1.29, 1.82) is 0 Å². The lowest BCUT2D eigenvalue weighted by Gasteiger charge is -2.12. The molecule has 0 saturated carbocycles. The Morgan fingerprint density at radius 2 is 2.10 bits per heavy atom. The van der Waals surface area contributed by atoms with Crippen LogP contribution in [0.1, 0.15) is 39.4 Å². The second-order valence-electron chi connectivity index (χ2n) is 4.34. The normalized spacial score (nSPS) is 11.1. The number of guanidine groups is 1. The first-order valence-corrected chi connectivity index (χ1v) is 7.20. The van der Waals surface area contributed by atoms with E-state index >= 15 is 0 Å². The molecule has 0 bridgehead atoms. The van der Waals surface area contributed by atoms with Gasteiger partial charge in [-0.3, -0.25) is 4.99 Å². The predicted octanol–water partition coefficient (Wildman–Crippen LogP) is 1.81. The smallest absolute Gasteiger partial charge is 0.191 e. The molecule has 1 aromatic rings. The molecule has 2 N–H and O–H groups in total. The number of aromatic nitrogens is 3. The van der Waals surface area contributed by atoms with Gasteiger partial charge in [0.05, 0.1) is 0 Å². The molecule has 0 aromatic carbocycles. The van der Waals surface area contributed by atoms with Gasteiger partial charge < -0.3 is 15.2 Å². The van der Waals surface area contributed by atoms with Crippen LogP contribution in [-0.4, -0.2) is 40.4 Å². The zero-order valence-corrected chi connectivity index (χ0v) is 15.1. The zero-order chi connectivity index (χ0) is 13.9. The van der Waals surface area contributed by atoms with Crippen molar-refractivity contribution in [1.82, 2.24) is 25.4 Å². The summed E-state index contributed by atoms with van der Waals surface area (Å²) >= 11 is 0. The number of nitrogens with zero attached hydrogens (tertiary/aromatic N) is 4. The largest absolute Gasteiger partial charge is 0.357 e. The van der Waals surface area contributed by atoms with Crippen LogP contribution in [-0.2, 0) is 13.0 Å². The Hall–Kier alpha value is -0.860. The van der Waals surface area contributed by atoms with Gasteiger partial charge in [0, 0.05) is 32.6 Å². The molecule has 1 rings (SSSR count). The van der Waals surface area contributed by atoms with E-state index in [2.05, 4.69) is 51.2 Å². The van der Waals surface area contributed by atoms with Crippen molar-refractivity contribution in [2.24, 2.45) is 4.99 Å². The molecule has 0 amide bonds. The molecule has 1 heterocycles. The first-order chi connectivity index (χ1) is 9.31. The summed E-state index contributed by atoms with van der Waals surface area (Å²) in [6, 6.07) is 0. The lowest BCUT2D eigenvalue weighted by Crippen LogP contribution is -2.39. The molecule has 0 atom stereocenters. The number of nitrogens with one attached hydrogen (secondary N) is 2. The van der Waals surface area contributed by atoms with Gasteiger partial charge in [-0.05, 0) is 13.3 Å². The standard InChI is InChI=1S/C13H26N6.HI/c1-4-7-8-15-13(14-6-3)16-9-10-19-11-17-18-12(19)5-2;/h11H,4-10H2,1-3H3,(H2,14,15,16);1H. The quantitative estimate of drug-likeness (QED) is 0.306. The van der Waals surface area contributed by atoms with Crippen LogP contribution in [0, 0.1) is 0 Å². The van der Waals surface area contributed by atoms with Gasteiger partial charge in [-0.1, -0.05) is 20.3 Å². The van der Waals surface area contributed by atoms with Gasteiger partial charge in [0.15, 0.2) is 5.96 Å². The predicted molar refractivity (Wildman–Crippen MR) is 93.7 cm³/mol. The lowest BCUT2D eigenvalue weighted by atomic mass is 10.3. The van der Waals surface area contributed by atoms with Crippen molar-refractivity contribution < 1.29 is 0 Å². The van der Waals surface area contributed by atoms with E-state index in [1.807, 2.05) is 0 Å². The van der Waals surface area contributed by atoms with Crippen molar-refractivity contribution in [3.05, 3.63) is 12.2 Å². The lowest BCUT2D eigenvalue weighted by molar-refractivity contribution is 0.632. The maximum Gasteiger partial charge on any atom is 0.191 e. The van der Waals surface area contributed by atoms with Crippen LogP contribution < -0.4 is 10.6 Å². The Morgan fingerprint density at radius 3 is 2.75 bits per heavy atom. The van der Waals surface area contributed by atoms with E-state index < -0.39 is 0 Å². The molecule has 0 saturated heterocycles. The van der Waals surface area contributed by atoms with Crippen LogP contribution >= 0.6 is 24.0 Å². The summed E-state index contributed by atoms with van der Waals surface area (Å²) in [5, 5.41) is 14.6. The SMILES string of the molecule is CCCCN=C(NCC)NCCn1cnnc1CC.I. The minimum Gasteiger partial charge on any atom is -0.357 e. The highest BCUT2D eigenvalue weighted by atomic mass is 127. The molecule has 20 heavy (non-hydrogen) atoms. The molecule has 0 aliphatic rings. The Kier molecular flexibility index (Phi) is 11.4. The summed E-state index contributed by atoms with van der Waals surface area (Å²) in [5.41, 5.74) is 0. The van der Waals surface area contributed by atoms with Gasteiger partial charge in [-0.15, -0.1) is 34.2 Å². The van der Waals surface area contributed by atoms with Crippen LogP contribution in [0.2, 0.25) is 0 Å². The minimum absolute atomic E-state index is 0. The summed E-state index contributed by atoms with van der Waals surface area (Å²) in [5.74, 6) is 1.91. The van der Waals surface area contributed by atoms with E-state index in [9.17, 15) is 0 Å². The van der Waals surface area contributed by atoms with Gasteiger partial charge in [-0.2, -0.15) is 0 Å². The van der Waals surface area contributed by atoms with E-state index in [0.717, 1.165) is 50.8 Å². The molecule has 1 aromatic heterocycles. The van der Waals surface area contributed by atoms with Crippen molar-refractivity contribution in [2.75, 3.05) is 19.6 Å². The molecule has 116 valence electrons. The average molecular weight is 394 g/mol. The molecule has 7 heteroatoms. The van der Waals surface area contributed by atoms with Crippen molar-refractivity contribution in [3.63, 3.8) is 0 Å². The van der Waals surface area contributed by atoms with Crippen molar-refractivity contribution in [2.45, 2.75) is 46.6 Å². The highest BCUT2D eigenvalue weighted by Crippen LogP contribution is 1.94. The summed E-state index contributed by atoms with van der Waals surface area (Å²) in [4.78, 5) is 4.52. The number of halogens is 1. The average Bonchev–Trinajstić information content (AvgIpc) is 2.86. The Balaban J connectivity index is 0.00000361. The molecular formula is C13H27IN6. The first kappa shape index (κ1) is 19.1. The fourth-order valence-corrected chi connectivity index (χ4v) is 1.72. The first-order valence-electron chi connectivity index (χ1n) is 7.20. The third-order valence-electron chi connectivity index (χ3n) is 2.78. The highest BCUT2D eigenvalue weighted by molar-refractivity contribution is 14.0. The molecule has 0 fully saturated rings. The molecule has 0 unspecified atom stereocenters. The molecular weight excluding hydrogens is 367 g/mol. The van der Waals surface area contributed by atoms with Gasteiger partial charge in [0.2, 0.25) is 0 Å². The number of hydrogen-bond acceptors (Lipinski definition) is 3. The third kappa shape index (κ3) is 7.06. The Bertz CT molecular complexity index is 377. The maximum atomic E-state index is 4.52. The van der Waals surface area contributed by atoms with Crippen LogP contribution in [0.3, 0.4) is 0 Å². The van der Waals surface area contributed by atoms with E-state index in [1.54, 1.807) is 6.33 Å². The van der Waals surface area contributed by atoms with Crippen molar-refractivity contribution >= 4 is 29.9 Å². The van der Waals surface area contributed by atoms with E-state index in [1.165, 1.54) is 6.42 Å². The number of rotatable bonds is 8. The third-order valence-corrected chi connectivity index (χ3v) is 2.78. The summed E-state index contributed by atoms with van der Waals surface area (Å²) < 4.78 is 2.07. The number of aliphatic imine (C=N–C) groups is 1. The van der Waals surface area contributed by atoms with Gasteiger partial charge >= 0.3 is 0 Å². The van der Waals surface area contributed by atoms with Gasteiger partial charge in [0.1, 0.15) is 12.2 Å². The topological polar surface area (TPSA) is 67.1 Å². The van der Waals surface area contributed by atoms with Gasteiger partial charge in [-0.25, -0.2) is 0 Å². The monoisotopic (exact) mass is 394 g/mol. The molecule has 0 radical (unpaired) electrons. The van der Waals surface area contributed by atoms with Crippen LogP contribution in [0.15, 0.2) is 11.3 Å². The van der Waals surface area contributed by atoms with E-state index in [0.29, 0.717) is 0 Å². The minimum atomic E-state index is 0. The highest BCUT2D eigenvalue weighted by Gasteiger charge is 2.01. The van der Waals surface area contributed by atoms with Crippen molar-refractivity contribution in [3.8, 4) is 0 Å². The Morgan fingerprint density at radius 1 is 1.30 bits per heavy atom. The fraction of sp³-hybridized carbons (Fsp3) is 0.769. The summed E-state index contributed by atoms with van der Waals surface area (Å²) in [7, 11) is 0. The van der Waals surface area contributed by atoms with E-state index in [-0.39, 0.29) is 24.0 Å². The van der Waals surface area contributed by atoms with E-state index in [4.69, 9.17) is 0 Å². The fourth-order valence-electron chi connectivity index (χ4n) is 1.72. The zero-order valence-electron chi connectivity index (χ0n) is 12.7. The summed E-state index contributed by atoms with van der Waals surface area (Å²) in [6.45, 7) is 9.77. The van der Waals surface area contributed by atoms with Crippen LogP contribution in [0.4, 0.5) is 0 Å². The second kappa shape index (κ2) is 11.9. The summed E-state index contributed by atoms with van der Waals surface area (Å²) in [6.07, 6.45) is 4.98. The molecule has 0 aliphatic heterocycles. The van der Waals surface area contributed by atoms with Gasteiger partial charge in [0.25, 0.3) is 0 Å². The molecule has 0 aliphatic carbocycles. The van der Waals surface area contributed by atoms with Crippen LogP contribution in [0.25, 0.3) is 0 Å². The second-order valence-corrected chi connectivity index (χ2v) is 4.34. The molecule has 6 nitrogen and oxygen atoms in total. The number of unbranched alkanes of at least 4 members (excludes halogenated alkanes) is 1. The van der Waals surface area contributed by atoms with Crippen LogP contribution in [0.5, 0.6) is 0 Å². The molecule has 0 spiro atoms. The Labute approximate surface area is 138 Å².